The van der Waals surface area contributed by atoms with E-state index in [-0.39, 0.29) is 6.61 Å². The summed E-state index contributed by atoms with van der Waals surface area (Å²) in [6, 6.07) is 13.8. The second-order valence-electron chi connectivity index (χ2n) is 6.04. The number of aliphatic hydroxyl groups is 1. The second kappa shape index (κ2) is 9.28. The average molecular weight is 418 g/mol. The number of amides is 2. The third kappa shape index (κ3) is 4.09. The summed E-state index contributed by atoms with van der Waals surface area (Å²) in [6.45, 7) is 2.37. The zero-order valence-corrected chi connectivity index (χ0v) is 16.9. The number of para-hydroxylation sites is 2. The molecule has 1 N–H and O–H groups in total. The number of hydrogen-bond donors (Lipinski definition) is 1. The number of halogens is 1. The third-order valence-electron chi connectivity index (χ3n) is 4.08. The molecule has 146 valence electrons. The first-order valence-electron chi connectivity index (χ1n) is 8.93. The first-order chi connectivity index (χ1) is 13.6. The number of anilines is 1. The van der Waals surface area contributed by atoms with E-state index in [9.17, 15) is 14.7 Å². The van der Waals surface area contributed by atoms with Gasteiger partial charge in [0.25, 0.3) is 11.8 Å². The molecule has 0 bridgehead atoms. The summed E-state index contributed by atoms with van der Waals surface area (Å²) in [4.78, 5) is 27.9. The number of hydrogen-bond acceptors (Lipinski definition) is 5. The van der Waals surface area contributed by atoms with Crippen molar-refractivity contribution in [3.63, 3.8) is 0 Å². The molecule has 1 aliphatic rings. The van der Waals surface area contributed by atoms with Gasteiger partial charge in [-0.05, 0) is 36.2 Å². The lowest BCUT2D eigenvalue weighted by atomic mass is 10.1. The second-order valence-corrected chi connectivity index (χ2v) is 7.59. The van der Waals surface area contributed by atoms with Crippen molar-refractivity contribution in [1.82, 2.24) is 0 Å². The van der Waals surface area contributed by atoms with Gasteiger partial charge in [-0.1, -0.05) is 42.8 Å². The molecule has 0 unspecified atom stereocenters. The van der Waals surface area contributed by atoms with Crippen molar-refractivity contribution in [2.75, 3.05) is 23.9 Å². The monoisotopic (exact) mass is 417 g/mol. The molecule has 0 aliphatic carbocycles. The van der Waals surface area contributed by atoms with Gasteiger partial charge in [0.15, 0.2) is 0 Å². The Bertz CT molecular complexity index is 911. The van der Waals surface area contributed by atoms with E-state index in [1.165, 1.54) is 11.8 Å². The molecule has 5 nitrogen and oxygen atoms in total. The van der Waals surface area contributed by atoms with Crippen LogP contribution in [0.15, 0.2) is 53.4 Å². The van der Waals surface area contributed by atoms with Gasteiger partial charge in [0, 0.05) is 10.8 Å². The van der Waals surface area contributed by atoms with Crippen LogP contribution in [0.5, 0.6) is 5.75 Å². The number of benzene rings is 2. The lowest BCUT2D eigenvalue weighted by molar-refractivity contribution is -0.119. The maximum Gasteiger partial charge on any atom is 0.272 e. The van der Waals surface area contributed by atoms with Crippen LogP contribution in [0.2, 0.25) is 5.02 Å². The number of thioether (sulfide) groups is 1. The van der Waals surface area contributed by atoms with Crippen LogP contribution in [-0.4, -0.2) is 35.9 Å². The summed E-state index contributed by atoms with van der Waals surface area (Å²) in [6.07, 6.45) is 0.808. The van der Waals surface area contributed by atoms with Gasteiger partial charge < -0.3 is 9.84 Å². The quantitative estimate of drug-likeness (QED) is 0.654. The van der Waals surface area contributed by atoms with Gasteiger partial charge in [-0.15, -0.1) is 11.8 Å². The minimum atomic E-state index is -0.416. The molecule has 0 saturated carbocycles. The van der Waals surface area contributed by atoms with Crippen LogP contribution in [0.4, 0.5) is 5.69 Å². The molecular formula is C21H20ClNO4S. The fourth-order valence-corrected chi connectivity index (χ4v) is 3.84. The minimum Gasteiger partial charge on any atom is -0.491 e. The zero-order chi connectivity index (χ0) is 20.1. The van der Waals surface area contributed by atoms with Gasteiger partial charge in [0.05, 0.1) is 29.4 Å². The Hall–Kier alpha value is -2.28. The zero-order valence-electron chi connectivity index (χ0n) is 15.4. The first-order valence-corrected chi connectivity index (χ1v) is 10.3. The van der Waals surface area contributed by atoms with E-state index in [0.717, 1.165) is 11.3 Å². The maximum atomic E-state index is 13.3. The fraction of sp³-hybridized carbons (Fsp3) is 0.238. The summed E-state index contributed by atoms with van der Waals surface area (Å²) in [5, 5.41) is 9.75. The molecule has 0 saturated heterocycles. The summed E-state index contributed by atoms with van der Waals surface area (Å²) >= 11 is 7.13. The Labute approximate surface area is 172 Å². The number of rotatable bonds is 8. The number of ether oxygens (including phenoxy) is 1. The molecule has 2 amide bonds. The molecule has 2 aromatic carbocycles. The highest BCUT2D eigenvalue weighted by molar-refractivity contribution is 8.04. The Kier molecular flexibility index (Phi) is 6.78. The Balaban J connectivity index is 2.05. The van der Waals surface area contributed by atoms with E-state index < -0.39 is 11.8 Å². The van der Waals surface area contributed by atoms with Gasteiger partial charge in [-0.3, -0.25) is 9.59 Å². The van der Waals surface area contributed by atoms with Crippen LogP contribution < -0.4 is 9.64 Å². The number of aliphatic hydroxyl groups excluding tert-OH is 1. The topological polar surface area (TPSA) is 66.8 Å². The first kappa shape index (κ1) is 20.5. The van der Waals surface area contributed by atoms with E-state index in [2.05, 4.69) is 0 Å². The standard InChI is InChI=1S/C21H20ClNO4S/c1-2-12-27-17-6-4-3-5-16(17)23-20(25)18(14-7-9-15(22)10-8-14)19(21(23)26)28-13-11-24/h3-10,24H,2,11-13H2,1H3. The predicted octanol–water partition coefficient (Wildman–Crippen LogP) is 4.14. The van der Waals surface area contributed by atoms with Crippen LogP contribution >= 0.6 is 23.4 Å². The van der Waals surface area contributed by atoms with Crippen LogP contribution in [0, 0.1) is 0 Å². The maximum absolute atomic E-state index is 13.3. The van der Waals surface area contributed by atoms with Crippen molar-refractivity contribution in [1.29, 1.82) is 0 Å². The van der Waals surface area contributed by atoms with Crippen molar-refractivity contribution in [2.45, 2.75) is 13.3 Å². The summed E-state index contributed by atoms with van der Waals surface area (Å²) in [5.41, 5.74) is 1.33. The van der Waals surface area contributed by atoms with Crippen molar-refractivity contribution >= 4 is 46.4 Å². The number of imide groups is 1. The molecule has 1 aliphatic heterocycles. The minimum absolute atomic E-state index is 0.0975. The van der Waals surface area contributed by atoms with Crippen LogP contribution in [0.3, 0.4) is 0 Å². The van der Waals surface area contributed by atoms with Gasteiger partial charge in [0.1, 0.15) is 5.75 Å². The molecule has 28 heavy (non-hydrogen) atoms. The van der Waals surface area contributed by atoms with Gasteiger partial charge >= 0.3 is 0 Å². The van der Waals surface area contributed by atoms with Crippen LogP contribution in [0.1, 0.15) is 18.9 Å². The van der Waals surface area contributed by atoms with Gasteiger partial charge in [0.2, 0.25) is 0 Å². The van der Waals surface area contributed by atoms with Crippen LogP contribution in [0.25, 0.3) is 5.57 Å². The van der Waals surface area contributed by atoms with Gasteiger partial charge in [-0.2, -0.15) is 0 Å². The van der Waals surface area contributed by atoms with Crippen molar-refractivity contribution < 1.29 is 19.4 Å². The molecule has 0 atom stereocenters. The molecule has 1 heterocycles. The Morgan fingerprint density at radius 1 is 1.07 bits per heavy atom. The normalized spacial score (nSPS) is 14.2. The smallest absolute Gasteiger partial charge is 0.272 e. The largest absolute Gasteiger partial charge is 0.491 e. The van der Waals surface area contributed by atoms with E-state index >= 15 is 0 Å². The summed E-state index contributed by atoms with van der Waals surface area (Å²) < 4.78 is 5.74. The lowest BCUT2D eigenvalue weighted by Crippen LogP contribution is -2.31. The molecule has 0 fully saturated rings. The van der Waals surface area contributed by atoms with E-state index in [4.69, 9.17) is 16.3 Å². The summed E-state index contributed by atoms with van der Waals surface area (Å²) in [7, 11) is 0. The van der Waals surface area contributed by atoms with Crippen molar-refractivity contribution in [3.8, 4) is 5.75 Å². The van der Waals surface area contributed by atoms with Crippen LogP contribution in [-0.2, 0) is 9.59 Å². The molecule has 3 rings (SSSR count). The Morgan fingerprint density at radius 3 is 2.46 bits per heavy atom. The van der Waals surface area contributed by atoms with Gasteiger partial charge in [-0.25, -0.2) is 4.90 Å². The SMILES string of the molecule is CCCOc1ccccc1N1C(=O)C(SCCO)=C(c2ccc(Cl)cc2)C1=O. The number of carbonyl (C=O) groups excluding carboxylic acids is 2. The molecule has 7 heteroatoms. The molecule has 2 aromatic rings. The third-order valence-corrected chi connectivity index (χ3v) is 5.39. The Morgan fingerprint density at radius 2 is 1.79 bits per heavy atom. The molecule has 0 aromatic heterocycles. The lowest BCUT2D eigenvalue weighted by Gasteiger charge is -2.19. The molecular weight excluding hydrogens is 398 g/mol. The highest BCUT2D eigenvalue weighted by Gasteiger charge is 2.41. The highest BCUT2D eigenvalue weighted by Crippen LogP contribution is 2.41. The number of carbonyl (C=O) groups is 2. The highest BCUT2D eigenvalue weighted by atomic mass is 35.5. The van der Waals surface area contributed by atoms with E-state index in [0.29, 0.717) is 44.9 Å². The number of nitrogens with zero attached hydrogens (tertiary/aromatic N) is 1. The van der Waals surface area contributed by atoms with E-state index in [1.807, 2.05) is 6.92 Å². The van der Waals surface area contributed by atoms with Crippen molar-refractivity contribution in [3.05, 3.63) is 64.0 Å². The molecule has 0 spiro atoms. The molecule has 0 radical (unpaired) electrons. The fourth-order valence-electron chi connectivity index (χ4n) is 2.86. The van der Waals surface area contributed by atoms with E-state index in [1.54, 1.807) is 48.5 Å². The summed E-state index contributed by atoms with van der Waals surface area (Å²) in [5.74, 6) is -0.0380. The van der Waals surface area contributed by atoms with Crippen molar-refractivity contribution in [2.24, 2.45) is 0 Å². The average Bonchev–Trinajstić information content (AvgIpc) is 2.95. The predicted molar refractivity (Wildman–Crippen MR) is 113 cm³/mol.